The maximum atomic E-state index is 14.4. The van der Waals surface area contributed by atoms with Crippen LogP contribution in [-0.2, 0) is 0 Å². The maximum absolute atomic E-state index is 14.4. The van der Waals surface area contributed by atoms with E-state index in [2.05, 4.69) is 10.2 Å². The first-order chi connectivity index (χ1) is 9.18. The monoisotopic (exact) mass is 338 g/mol. The van der Waals surface area contributed by atoms with Crippen LogP contribution in [0, 0.1) is 24.5 Å². The van der Waals surface area contributed by atoms with Crippen LogP contribution in [0.5, 0.6) is 0 Å². The Hall–Kier alpha value is -0.420. The topological polar surface area (TPSA) is 15.3 Å². The van der Waals surface area contributed by atoms with Crippen molar-refractivity contribution in [3.63, 3.8) is 0 Å². The van der Waals surface area contributed by atoms with Crippen LogP contribution >= 0.6 is 24.8 Å². The van der Waals surface area contributed by atoms with Crippen molar-refractivity contribution in [1.29, 1.82) is 0 Å². The normalized spacial score (nSPS) is 20.3. The van der Waals surface area contributed by atoms with E-state index in [1.807, 2.05) is 0 Å². The zero-order chi connectivity index (χ0) is 13.4. The van der Waals surface area contributed by atoms with Gasteiger partial charge in [0.1, 0.15) is 11.6 Å². The third kappa shape index (κ3) is 3.86. The van der Waals surface area contributed by atoms with Gasteiger partial charge in [0.25, 0.3) is 0 Å². The lowest BCUT2D eigenvalue weighted by atomic mass is 9.96. The van der Waals surface area contributed by atoms with Crippen molar-refractivity contribution in [1.82, 2.24) is 10.2 Å². The van der Waals surface area contributed by atoms with Crippen LogP contribution in [0.2, 0.25) is 0 Å². The van der Waals surface area contributed by atoms with Crippen LogP contribution in [0.3, 0.4) is 0 Å². The first-order valence-corrected chi connectivity index (χ1v) is 7.07. The SMILES string of the molecule is Cc1ccc(F)c([C@@H](C2CC2)N2CCNCC2)c1F.Cl.Cl. The lowest BCUT2D eigenvalue weighted by Gasteiger charge is -2.36. The Bertz CT molecular complexity index is 475. The summed E-state index contributed by atoms with van der Waals surface area (Å²) >= 11 is 0. The molecular formula is C15H22Cl2F2N2. The van der Waals surface area contributed by atoms with Gasteiger partial charge in [0.05, 0.1) is 0 Å². The minimum atomic E-state index is -0.390. The Balaban J connectivity index is 0.00000110. The lowest BCUT2D eigenvalue weighted by Crippen LogP contribution is -2.46. The summed E-state index contributed by atoms with van der Waals surface area (Å²) in [6.07, 6.45) is 2.17. The number of piperazine rings is 1. The Labute approximate surface area is 137 Å². The largest absolute Gasteiger partial charge is 0.314 e. The smallest absolute Gasteiger partial charge is 0.133 e. The Morgan fingerprint density at radius 1 is 1.14 bits per heavy atom. The lowest BCUT2D eigenvalue weighted by molar-refractivity contribution is 0.149. The zero-order valence-corrected chi connectivity index (χ0v) is 13.7. The summed E-state index contributed by atoms with van der Waals surface area (Å²) in [7, 11) is 0. The Morgan fingerprint density at radius 2 is 1.76 bits per heavy atom. The molecule has 1 aromatic carbocycles. The van der Waals surface area contributed by atoms with Gasteiger partial charge in [-0.2, -0.15) is 0 Å². The van der Waals surface area contributed by atoms with Crippen molar-refractivity contribution in [3.05, 3.63) is 34.9 Å². The van der Waals surface area contributed by atoms with E-state index in [1.165, 1.54) is 12.1 Å². The highest BCUT2D eigenvalue weighted by molar-refractivity contribution is 5.85. The predicted octanol–water partition coefficient (Wildman–Crippen LogP) is 3.47. The van der Waals surface area contributed by atoms with E-state index < -0.39 is 5.82 Å². The highest BCUT2D eigenvalue weighted by Gasteiger charge is 2.39. The van der Waals surface area contributed by atoms with Gasteiger partial charge in [-0.3, -0.25) is 4.90 Å². The second-order valence-corrected chi connectivity index (χ2v) is 5.66. The molecule has 0 unspecified atom stereocenters. The van der Waals surface area contributed by atoms with Gasteiger partial charge >= 0.3 is 0 Å². The molecule has 2 fully saturated rings. The molecule has 0 aromatic heterocycles. The number of benzene rings is 1. The van der Waals surface area contributed by atoms with Gasteiger partial charge < -0.3 is 5.32 Å². The number of rotatable bonds is 3. The summed E-state index contributed by atoms with van der Waals surface area (Å²) in [5, 5.41) is 3.29. The fourth-order valence-electron chi connectivity index (χ4n) is 3.04. The van der Waals surface area contributed by atoms with Crippen LogP contribution in [0.1, 0.15) is 30.0 Å². The van der Waals surface area contributed by atoms with E-state index >= 15 is 0 Å². The fourth-order valence-corrected chi connectivity index (χ4v) is 3.04. The van der Waals surface area contributed by atoms with Crippen molar-refractivity contribution in [2.45, 2.75) is 25.8 Å². The van der Waals surface area contributed by atoms with Crippen LogP contribution in [-0.4, -0.2) is 31.1 Å². The van der Waals surface area contributed by atoms with Gasteiger partial charge in [-0.25, -0.2) is 8.78 Å². The number of nitrogens with zero attached hydrogens (tertiary/aromatic N) is 1. The number of aryl methyl sites for hydroxylation is 1. The van der Waals surface area contributed by atoms with Gasteiger partial charge in [-0.1, -0.05) is 6.07 Å². The van der Waals surface area contributed by atoms with Crippen LogP contribution in [0.15, 0.2) is 12.1 Å². The average Bonchev–Trinajstić information content (AvgIpc) is 3.24. The number of hydrogen-bond acceptors (Lipinski definition) is 2. The maximum Gasteiger partial charge on any atom is 0.133 e. The van der Waals surface area contributed by atoms with Crippen LogP contribution in [0.4, 0.5) is 8.78 Å². The predicted molar refractivity (Wildman–Crippen MR) is 85.5 cm³/mol. The quantitative estimate of drug-likeness (QED) is 0.907. The van der Waals surface area contributed by atoms with Crippen molar-refractivity contribution in [2.24, 2.45) is 5.92 Å². The van der Waals surface area contributed by atoms with Gasteiger partial charge in [0, 0.05) is 37.8 Å². The van der Waals surface area contributed by atoms with Crippen molar-refractivity contribution >= 4 is 24.8 Å². The molecule has 2 aliphatic rings. The third-order valence-electron chi connectivity index (χ3n) is 4.23. The molecule has 6 heteroatoms. The van der Waals surface area contributed by atoms with E-state index in [9.17, 15) is 8.78 Å². The second-order valence-electron chi connectivity index (χ2n) is 5.66. The molecule has 0 amide bonds. The van der Waals surface area contributed by atoms with Gasteiger partial charge in [0.15, 0.2) is 0 Å². The molecule has 1 saturated heterocycles. The highest BCUT2D eigenvalue weighted by Crippen LogP contribution is 2.46. The number of hydrogen-bond donors (Lipinski definition) is 1. The second kappa shape index (κ2) is 7.73. The molecule has 1 saturated carbocycles. The first kappa shape index (κ1) is 18.6. The summed E-state index contributed by atoms with van der Waals surface area (Å²) in [5.74, 6) is -0.321. The van der Waals surface area contributed by atoms with E-state index in [0.717, 1.165) is 39.0 Å². The summed E-state index contributed by atoms with van der Waals surface area (Å²) in [4.78, 5) is 2.25. The molecule has 2 nitrogen and oxygen atoms in total. The van der Waals surface area contributed by atoms with E-state index in [4.69, 9.17) is 0 Å². The Kier molecular flexibility index (Phi) is 6.85. The minimum Gasteiger partial charge on any atom is -0.314 e. The van der Waals surface area contributed by atoms with Gasteiger partial charge in [-0.05, 0) is 37.3 Å². The minimum absolute atomic E-state index is 0. The molecule has 1 aliphatic heterocycles. The highest BCUT2D eigenvalue weighted by atomic mass is 35.5. The molecular weight excluding hydrogens is 317 g/mol. The third-order valence-corrected chi connectivity index (χ3v) is 4.23. The molecule has 21 heavy (non-hydrogen) atoms. The standard InChI is InChI=1S/C15H20F2N2.2ClH/c1-10-2-5-12(16)13(14(10)17)15(11-3-4-11)19-8-6-18-7-9-19;;/h2,5,11,15,18H,3-4,6-9H2,1H3;2*1H/t15-;;/m1../s1. The summed E-state index contributed by atoms with van der Waals surface area (Å²) in [5.41, 5.74) is 0.835. The van der Waals surface area contributed by atoms with Crippen molar-refractivity contribution < 1.29 is 8.78 Å². The van der Waals surface area contributed by atoms with Crippen LogP contribution < -0.4 is 5.32 Å². The number of nitrogens with one attached hydrogen (secondary N) is 1. The molecule has 1 aromatic rings. The molecule has 0 bridgehead atoms. The molecule has 120 valence electrons. The molecule has 1 N–H and O–H groups in total. The molecule has 1 aliphatic carbocycles. The number of halogens is 4. The van der Waals surface area contributed by atoms with Crippen molar-refractivity contribution in [2.75, 3.05) is 26.2 Å². The van der Waals surface area contributed by atoms with E-state index in [-0.39, 0.29) is 36.7 Å². The summed E-state index contributed by atoms with van der Waals surface area (Å²) in [6.45, 7) is 5.25. The molecule has 0 spiro atoms. The molecule has 0 radical (unpaired) electrons. The van der Waals surface area contributed by atoms with Gasteiger partial charge in [0.2, 0.25) is 0 Å². The molecule has 1 heterocycles. The average molecular weight is 339 g/mol. The summed E-state index contributed by atoms with van der Waals surface area (Å²) < 4.78 is 28.5. The molecule has 3 rings (SSSR count). The van der Waals surface area contributed by atoms with Crippen LogP contribution in [0.25, 0.3) is 0 Å². The first-order valence-electron chi connectivity index (χ1n) is 7.07. The van der Waals surface area contributed by atoms with Gasteiger partial charge in [-0.15, -0.1) is 24.8 Å². The zero-order valence-electron chi connectivity index (χ0n) is 12.1. The van der Waals surface area contributed by atoms with Crippen molar-refractivity contribution in [3.8, 4) is 0 Å². The Morgan fingerprint density at radius 3 is 2.33 bits per heavy atom. The van der Waals surface area contributed by atoms with E-state index in [0.29, 0.717) is 17.0 Å². The summed E-state index contributed by atoms with van der Waals surface area (Å²) in [6, 6.07) is 2.85. The van der Waals surface area contributed by atoms with E-state index in [1.54, 1.807) is 6.92 Å². The fraction of sp³-hybridized carbons (Fsp3) is 0.600. The molecule has 1 atom stereocenters.